The number of hydrogen-bond donors (Lipinski definition) is 0. The van der Waals surface area contributed by atoms with E-state index in [9.17, 15) is 8.42 Å². The van der Waals surface area contributed by atoms with Gasteiger partial charge in [0.25, 0.3) is 10.0 Å². The van der Waals surface area contributed by atoms with Crippen molar-refractivity contribution in [3.05, 3.63) is 60.3 Å². The highest BCUT2D eigenvalue weighted by molar-refractivity contribution is 7.89. The average Bonchev–Trinajstić information content (AvgIpc) is 3.44. The van der Waals surface area contributed by atoms with E-state index in [1.165, 1.54) is 6.33 Å². The van der Waals surface area contributed by atoms with Crippen molar-refractivity contribution in [2.45, 2.75) is 37.3 Å². The van der Waals surface area contributed by atoms with Crippen molar-refractivity contribution in [1.82, 2.24) is 28.9 Å². The number of imidazole rings is 1. The quantitative estimate of drug-likeness (QED) is 0.591. The van der Waals surface area contributed by atoms with Gasteiger partial charge in [-0.1, -0.05) is 42.5 Å². The first-order valence-corrected chi connectivity index (χ1v) is 11.3. The molecule has 9 heteroatoms. The van der Waals surface area contributed by atoms with Gasteiger partial charge < -0.3 is 4.57 Å². The van der Waals surface area contributed by atoms with Gasteiger partial charge in [0, 0.05) is 45.0 Å². The fourth-order valence-electron chi connectivity index (χ4n) is 4.01. The number of nitrogens with zero attached hydrogens (tertiary/aromatic N) is 6. The van der Waals surface area contributed by atoms with E-state index < -0.39 is 10.0 Å². The molecule has 0 aliphatic carbocycles. The van der Waals surface area contributed by atoms with Gasteiger partial charge in [-0.15, -0.1) is 5.10 Å². The van der Waals surface area contributed by atoms with Gasteiger partial charge in [0.1, 0.15) is 0 Å². The van der Waals surface area contributed by atoms with E-state index in [0.717, 1.165) is 24.2 Å². The summed E-state index contributed by atoms with van der Waals surface area (Å²) in [5.74, 6) is 0.230. The van der Waals surface area contributed by atoms with Crippen LogP contribution in [0.2, 0.25) is 0 Å². The molecule has 0 N–H and O–H groups in total. The summed E-state index contributed by atoms with van der Waals surface area (Å²) < 4.78 is 31.3. The zero-order chi connectivity index (χ0) is 20.4. The van der Waals surface area contributed by atoms with Crippen molar-refractivity contribution in [2.24, 2.45) is 13.0 Å². The minimum Gasteiger partial charge on any atom is -0.339 e. The Labute approximate surface area is 171 Å². The van der Waals surface area contributed by atoms with Crippen LogP contribution in [0.3, 0.4) is 0 Å². The van der Waals surface area contributed by atoms with Crippen molar-refractivity contribution in [1.29, 1.82) is 0 Å². The molecule has 1 saturated heterocycles. The van der Waals surface area contributed by atoms with Crippen LogP contribution < -0.4 is 0 Å². The number of hydrogen-bond acceptors (Lipinski definition) is 5. The van der Waals surface area contributed by atoms with Gasteiger partial charge in [0.15, 0.2) is 5.03 Å². The molecular weight excluding hydrogens is 388 g/mol. The molecule has 29 heavy (non-hydrogen) atoms. The maximum absolute atomic E-state index is 13.1. The van der Waals surface area contributed by atoms with Gasteiger partial charge in [-0.3, -0.25) is 4.68 Å². The van der Waals surface area contributed by atoms with Gasteiger partial charge in [0.05, 0.1) is 12.0 Å². The molecule has 154 valence electrons. The van der Waals surface area contributed by atoms with E-state index in [-0.39, 0.29) is 16.9 Å². The summed E-state index contributed by atoms with van der Waals surface area (Å²) in [7, 11) is -1.86. The van der Waals surface area contributed by atoms with Crippen LogP contribution in [0.15, 0.2) is 54.1 Å². The fourth-order valence-corrected chi connectivity index (χ4v) is 5.49. The predicted molar refractivity (Wildman–Crippen MR) is 109 cm³/mol. The first kappa shape index (κ1) is 19.8. The van der Waals surface area contributed by atoms with E-state index in [1.54, 1.807) is 22.1 Å². The largest absolute Gasteiger partial charge is 0.339 e. The summed E-state index contributed by atoms with van der Waals surface area (Å²) in [5, 5.41) is 8.59. The van der Waals surface area contributed by atoms with E-state index in [0.29, 0.717) is 19.5 Å². The van der Waals surface area contributed by atoms with Crippen molar-refractivity contribution < 1.29 is 8.42 Å². The molecule has 1 aliphatic heterocycles. The minimum absolute atomic E-state index is 0.0985. The summed E-state index contributed by atoms with van der Waals surface area (Å²) in [6, 6.07) is 10.1. The van der Waals surface area contributed by atoms with Crippen LogP contribution in [0.4, 0.5) is 0 Å². The van der Waals surface area contributed by atoms with Crippen molar-refractivity contribution in [2.75, 3.05) is 13.1 Å². The van der Waals surface area contributed by atoms with Crippen molar-refractivity contribution >= 4 is 10.0 Å². The Bertz CT molecular complexity index is 1060. The van der Waals surface area contributed by atoms with Gasteiger partial charge in [-0.05, 0) is 24.3 Å². The SMILES string of the molecule is CCCn1cc(C[C@H]2CN(S(=O)(=O)c3cn(C)cn3)C[C@@H]2c2ccccc2)nn1. The van der Waals surface area contributed by atoms with E-state index in [1.807, 2.05) is 29.1 Å². The lowest BCUT2D eigenvalue weighted by molar-refractivity contribution is 0.451. The molecule has 0 saturated carbocycles. The molecule has 3 heterocycles. The van der Waals surface area contributed by atoms with Crippen LogP contribution in [0.5, 0.6) is 0 Å². The molecule has 1 fully saturated rings. The zero-order valence-corrected chi connectivity index (χ0v) is 17.5. The second-order valence-electron chi connectivity index (χ2n) is 7.65. The molecule has 1 aromatic carbocycles. The summed E-state index contributed by atoms with van der Waals surface area (Å²) in [6.45, 7) is 3.82. The van der Waals surface area contributed by atoms with Crippen LogP contribution in [0, 0.1) is 5.92 Å². The van der Waals surface area contributed by atoms with Crippen LogP contribution >= 0.6 is 0 Å². The molecule has 8 nitrogen and oxygen atoms in total. The molecule has 0 spiro atoms. The smallest absolute Gasteiger partial charge is 0.262 e. The third-order valence-electron chi connectivity index (χ3n) is 5.43. The molecule has 0 bridgehead atoms. The first-order valence-electron chi connectivity index (χ1n) is 9.89. The molecule has 3 aromatic rings. The Kier molecular flexibility index (Phi) is 5.51. The fraction of sp³-hybridized carbons (Fsp3) is 0.450. The number of benzene rings is 1. The standard InChI is InChI=1S/C20H26N6O2S/c1-3-9-25-12-18(22-23-25)10-17-11-26(13-19(17)16-7-5-4-6-8-16)29(27,28)20-14-24(2)15-21-20/h4-8,12,14-15,17,19H,3,9-11,13H2,1-2H3/t17-,19+/m0/s1. The summed E-state index contributed by atoms with van der Waals surface area (Å²) >= 11 is 0. The molecule has 0 unspecified atom stereocenters. The zero-order valence-electron chi connectivity index (χ0n) is 16.7. The van der Waals surface area contributed by atoms with Crippen molar-refractivity contribution in [3.63, 3.8) is 0 Å². The van der Waals surface area contributed by atoms with Gasteiger partial charge >= 0.3 is 0 Å². The van der Waals surface area contributed by atoms with Crippen LogP contribution in [0.25, 0.3) is 0 Å². The lowest BCUT2D eigenvalue weighted by Crippen LogP contribution is -2.29. The number of sulfonamides is 1. The highest BCUT2D eigenvalue weighted by Crippen LogP contribution is 2.37. The van der Waals surface area contributed by atoms with Crippen LogP contribution in [-0.2, 0) is 30.0 Å². The summed E-state index contributed by atoms with van der Waals surface area (Å²) in [4.78, 5) is 4.07. The third-order valence-corrected chi connectivity index (χ3v) is 7.15. The summed E-state index contributed by atoms with van der Waals surface area (Å²) in [6.07, 6.45) is 6.73. The monoisotopic (exact) mass is 414 g/mol. The minimum atomic E-state index is -3.63. The molecule has 2 atom stereocenters. The number of aromatic nitrogens is 5. The van der Waals surface area contributed by atoms with Gasteiger partial charge in [-0.25, -0.2) is 13.4 Å². The van der Waals surface area contributed by atoms with E-state index in [4.69, 9.17) is 0 Å². The van der Waals surface area contributed by atoms with Gasteiger partial charge in [0.2, 0.25) is 0 Å². The predicted octanol–water partition coefficient (Wildman–Crippen LogP) is 2.07. The Morgan fingerprint density at radius 3 is 2.62 bits per heavy atom. The molecule has 1 aliphatic rings. The average molecular weight is 415 g/mol. The maximum Gasteiger partial charge on any atom is 0.262 e. The Balaban J connectivity index is 1.60. The molecule has 4 rings (SSSR count). The highest BCUT2D eigenvalue weighted by atomic mass is 32.2. The lowest BCUT2D eigenvalue weighted by Gasteiger charge is -2.17. The highest BCUT2D eigenvalue weighted by Gasteiger charge is 2.41. The molecule has 2 aromatic heterocycles. The Hall–Kier alpha value is -2.52. The van der Waals surface area contributed by atoms with Gasteiger partial charge in [-0.2, -0.15) is 4.31 Å². The Morgan fingerprint density at radius 1 is 1.14 bits per heavy atom. The second kappa shape index (κ2) is 8.08. The lowest BCUT2D eigenvalue weighted by atomic mass is 9.86. The second-order valence-corrected chi connectivity index (χ2v) is 9.54. The van der Waals surface area contributed by atoms with Crippen LogP contribution in [0.1, 0.15) is 30.5 Å². The number of aryl methyl sites for hydroxylation is 2. The number of rotatable bonds is 7. The summed E-state index contributed by atoms with van der Waals surface area (Å²) in [5.41, 5.74) is 2.05. The van der Waals surface area contributed by atoms with E-state index >= 15 is 0 Å². The van der Waals surface area contributed by atoms with Crippen LogP contribution in [-0.4, -0.2) is 50.4 Å². The molecule has 0 amide bonds. The van der Waals surface area contributed by atoms with E-state index in [2.05, 4.69) is 34.4 Å². The normalized spacial score (nSPS) is 20.3. The maximum atomic E-state index is 13.1. The van der Waals surface area contributed by atoms with Crippen molar-refractivity contribution in [3.8, 4) is 0 Å². The Morgan fingerprint density at radius 2 is 1.93 bits per heavy atom. The topological polar surface area (TPSA) is 85.9 Å². The molecular formula is C20H26N6O2S. The first-order chi connectivity index (χ1) is 14.0. The third kappa shape index (κ3) is 4.11. The molecule has 0 radical (unpaired) electrons.